The van der Waals surface area contributed by atoms with E-state index in [-0.39, 0.29) is 47.8 Å². The van der Waals surface area contributed by atoms with Gasteiger partial charge in [0.25, 0.3) is 0 Å². The lowest BCUT2D eigenvalue weighted by Crippen LogP contribution is -2.61. The lowest BCUT2D eigenvalue weighted by atomic mass is 9.83. The van der Waals surface area contributed by atoms with Crippen LogP contribution in [0.3, 0.4) is 0 Å². The molecule has 0 unspecified atom stereocenters. The Morgan fingerprint density at radius 3 is 2.45 bits per heavy atom. The highest BCUT2D eigenvalue weighted by Crippen LogP contribution is 2.52. The van der Waals surface area contributed by atoms with Crippen LogP contribution in [-0.4, -0.2) is 77.9 Å². The fourth-order valence-electron chi connectivity index (χ4n) is 5.88. The van der Waals surface area contributed by atoms with E-state index in [1.807, 2.05) is 52.0 Å². The second-order valence-corrected chi connectivity index (χ2v) is 12.5. The predicted molar refractivity (Wildman–Crippen MR) is 154 cm³/mol. The van der Waals surface area contributed by atoms with E-state index in [0.29, 0.717) is 32.1 Å². The maximum atomic E-state index is 12.3. The summed E-state index contributed by atoms with van der Waals surface area (Å²) in [6.07, 6.45) is 10.8. The van der Waals surface area contributed by atoms with Gasteiger partial charge in [0, 0.05) is 38.7 Å². The van der Waals surface area contributed by atoms with E-state index >= 15 is 0 Å². The summed E-state index contributed by atoms with van der Waals surface area (Å²) < 4.78 is 36.4. The Kier molecular flexibility index (Phi) is 12.5. The molecular formula is C31H51ClO8. The van der Waals surface area contributed by atoms with Gasteiger partial charge in [0.15, 0.2) is 17.7 Å². The number of halogens is 1. The molecule has 2 spiro atoms. The molecule has 0 aromatic heterocycles. The van der Waals surface area contributed by atoms with Gasteiger partial charge in [-0.3, -0.25) is 0 Å². The van der Waals surface area contributed by atoms with Crippen molar-refractivity contribution in [1.29, 1.82) is 0 Å². The van der Waals surface area contributed by atoms with Crippen molar-refractivity contribution in [2.45, 2.75) is 153 Å². The van der Waals surface area contributed by atoms with E-state index in [1.54, 1.807) is 7.11 Å². The third-order valence-electron chi connectivity index (χ3n) is 8.01. The van der Waals surface area contributed by atoms with Crippen LogP contribution in [0.15, 0.2) is 24.3 Å². The molecule has 8 nitrogen and oxygen atoms in total. The van der Waals surface area contributed by atoms with Crippen LogP contribution < -0.4 is 0 Å². The van der Waals surface area contributed by atoms with Crippen LogP contribution >= 0.6 is 11.6 Å². The van der Waals surface area contributed by atoms with Gasteiger partial charge in [-0.1, -0.05) is 38.2 Å². The summed E-state index contributed by atoms with van der Waals surface area (Å²) in [6.45, 7) is 11.6. The fourth-order valence-corrected chi connectivity index (χ4v) is 6.30. The molecule has 40 heavy (non-hydrogen) atoms. The van der Waals surface area contributed by atoms with Gasteiger partial charge in [-0.2, -0.15) is 0 Å². The zero-order chi connectivity index (χ0) is 29.5. The lowest BCUT2D eigenvalue weighted by Gasteiger charge is -2.54. The molecule has 9 heteroatoms. The Bertz CT molecular complexity index is 846. The standard InChI is InChI=1S/C31H51ClO8/c1-8-24-28(32)27(35-7)19-30(38-24)17-16-22(6)31(40-30)18-23(33)25(39-31)14-12-10-9-11-13-15-26(36-20(2)3)29(34)37-21(4)5/h10-13,20-28,33H,8-9,14-19H2,1-7H3/b12-10+,13-11-/t22-,23-,24+,25-,26+,27+,28+,30+,31+/m0/s1. The number of hydrogen-bond donors (Lipinski definition) is 1. The summed E-state index contributed by atoms with van der Waals surface area (Å²) in [4.78, 5) is 12.3. The Balaban J connectivity index is 1.54. The second-order valence-electron chi connectivity index (χ2n) is 12.0. The first-order valence-electron chi connectivity index (χ1n) is 15.0. The van der Waals surface area contributed by atoms with Gasteiger partial charge in [0.1, 0.15) is 0 Å². The summed E-state index contributed by atoms with van der Waals surface area (Å²) in [6, 6.07) is 0. The predicted octanol–water partition coefficient (Wildman–Crippen LogP) is 5.82. The van der Waals surface area contributed by atoms with Gasteiger partial charge in [-0.05, 0) is 53.4 Å². The van der Waals surface area contributed by atoms with Crippen LogP contribution in [0.4, 0.5) is 0 Å². The molecule has 0 aromatic carbocycles. The Labute approximate surface area is 245 Å². The van der Waals surface area contributed by atoms with Crippen LogP contribution in [0.2, 0.25) is 0 Å². The molecule has 1 N–H and O–H groups in total. The number of carbonyl (C=O) groups excluding carboxylic acids is 1. The number of ether oxygens (including phenoxy) is 6. The number of esters is 1. The molecule has 0 saturated carbocycles. The number of methoxy groups -OCH3 is 1. The van der Waals surface area contributed by atoms with E-state index in [9.17, 15) is 9.90 Å². The molecule has 0 amide bonds. The number of hydrogen-bond acceptors (Lipinski definition) is 8. The fraction of sp³-hybridized carbons (Fsp3) is 0.839. The number of allylic oxidation sites excluding steroid dienone is 2. The van der Waals surface area contributed by atoms with Crippen LogP contribution in [0.25, 0.3) is 0 Å². The summed E-state index contributed by atoms with van der Waals surface area (Å²) in [5.74, 6) is -1.95. The molecule has 3 saturated heterocycles. The number of aliphatic hydroxyl groups is 1. The molecule has 9 atom stereocenters. The number of alkyl halides is 1. The maximum absolute atomic E-state index is 12.3. The van der Waals surface area contributed by atoms with Gasteiger partial charge in [0.05, 0.1) is 42.0 Å². The minimum atomic E-state index is -0.901. The Morgan fingerprint density at radius 2 is 1.80 bits per heavy atom. The van der Waals surface area contributed by atoms with Gasteiger partial charge in [-0.25, -0.2) is 4.79 Å². The van der Waals surface area contributed by atoms with Crippen LogP contribution in [0.1, 0.15) is 92.9 Å². The third kappa shape index (κ3) is 8.52. The van der Waals surface area contributed by atoms with Crippen LogP contribution in [0, 0.1) is 5.92 Å². The van der Waals surface area contributed by atoms with Crippen molar-refractivity contribution in [2.24, 2.45) is 5.92 Å². The van der Waals surface area contributed by atoms with Crippen molar-refractivity contribution in [1.82, 2.24) is 0 Å². The van der Waals surface area contributed by atoms with E-state index in [2.05, 4.69) is 13.8 Å². The Morgan fingerprint density at radius 1 is 1.07 bits per heavy atom. The van der Waals surface area contributed by atoms with E-state index in [0.717, 1.165) is 19.3 Å². The quantitative estimate of drug-likeness (QED) is 0.174. The highest BCUT2D eigenvalue weighted by molar-refractivity contribution is 6.21. The first kappa shape index (κ1) is 33.5. The van der Waals surface area contributed by atoms with Crippen molar-refractivity contribution in [2.75, 3.05) is 7.11 Å². The van der Waals surface area contributed by atoms with Crippen molar-refractivity contribution in [3.05, 3.63) is 24.3 Å². The monoisotopic (exact) mass is 586 g/mol. The molecule has 3 fully saturated rings. The maximum Gasteiger partial charge on any atom is 0.335 e. The normalized spacial score (nSPS) is 37.5. The van der Waals surface area contributed by atoms with E-state index < -0.39 is 23.8 Å². The van der Waals surface area contributed by atoms with Gasteiger partial charge < -0.3 is 33.5 Å². The van der Waals surface area contributed by atoms with Gasteiger partial charge in [0.2, 0.25) is 0 Å². The van der Waals surface area contributed by atoms with Crippen molar-refractivity contribution in [3.8, 4) is 0 Å². The van der Waals surface area contributed by atoms with Gasteiger partial charge in [-0.15, -0.1) is 11.6 Å². The molecule has 0 radical (unpaired) electrons. The summed E-state index contributed by atoms with van der Waals surface area (Å²) >= 11 is 6.63. The lowest BCUT2D eigenvalue weighted by molar-refractivity contribution is -0.413. The third-order valence-corrected chi connectivity index (χ3v) is 8.57. The van der Waals surface area contributed by atoms with Crippen molar-refractivity contribution in [3.63, 3.8) is 0 Å². The smallest absolute Gasteiger partial charge is 0.335 e. The number of aliphatic hydroxyl groups excluding tert-OH is 1. The van der Waals surface area contributed by atoms with Crippen molar-refractivity contribution >= 4 is 17.6 Å². The minimum Gasteiger partial charge on any atom is -0.461 e. The molecule has 0 aliphatic carbocycles. The van der Waals surface area contributed by atoms with Crippen molar-refractivity contribution < 1.29 is 38.3 Å². The second kappa shape index (κ2) is 14.9. The largest absolute Gasteiger partial charge is 0.461 e. The Hall–Kier alpha value is -1.00. The molecule has 0 aromatic rings. The first-order chi connectivity index (χ1) is 18.9. The minimum absolute atomic E-state index is 0.0683. The number of rotatable bonds is 12. The average molecular weight is 587 g/mol. The summed E-state index contributed by atoms with van der Waals surface area (Å²) in [5, 5.41) is 10.7. The average Bonchev–Trinajstić information content (AvgIpc) is 3.20. The van der Waals surface area contributed by atoms with Crippen LogP contribution in [0.5, 0.6) is 0 Å². The number of carbonyl (C=O) groups is 1. The molecule has 3 aliphatic rings. The van der Waals surface area contributed by atoms with E-state index in [4.69, 9.17) is 40.0 Å². The molecule has 230 valence electrons. The van der Waals surface area contributed by atoms with Gasteiger partial charge >= 0.3 is 5.97 Å². The molecule has 3 rings (SSSR count). The first-order valence-corrected chi connectivity index (χ1v) is 15.4. The summed E-state index contributed by atoms with van der Waals surface area (Å²) in [5.41, 5.74) is 0. The zero-order valence-electron chi connectivity index (χ0n) is 25.3. The zero-order valence-corrected chi connectivity index (χ0v) is 26.1. The highest BCUT2D eigenvalue weighted by atomic mass is 35.5. The van der Waals surface area contributed by atoms with E-state index in [1.165, 1.54) is 0 Å². The topological polar surface area (TPSA) is 92.7 Å². The molecule has 0 bridgehead atoms. The van der Waals surface area contributed by atoms with Crippen LogP contribution in [-0.2, 0) is 33.2 Å². The molecular weight excluding hydrogens is 536 g/mol. The highest BCUT2D eigenvalue weighted by Gasteiger charge is 2.60. The molecule has 3 heterocycles. The molecule has 3 aliphatic heterocycles. The SMILES string of the molecule is CC[C@H]1O[C@@]2(CC[C@H](C)[C@@]3(C[C@H](O)[C@H](C/C=C/C/C=C\C[C@@H](OC(C)C)C(=O)OC(C)C)O3)O2)C[C@@H](OC)[C@@H]1Cl. The summed E-state index contributed by atoms with van der Waals surface area (Å²) in [7, 11) is 1.68.